The summed E-state index contributed by atoms with van der Waals surface area (Å²) in [5.74, 6) is 0.273. The van der Waals surface area contributed by atoms with Gasteiger partial charge in [-0.1, -0.05) is 43.2 Å². The van der Waals surface area contributed by atoms with Gasteiger partial charge in [0.05, 0.1) is 13.7 Å². The molecule has 150 valence electrons. The zero-order valence-electron chi connectivity index (χ0n) is 16.2. The standard InChI is InChI=1S/C22H28N2O4/c1-27-19-12-8-9-17(15-19)16-28-20(13-6-3-7-14-21(23)25)22(26)24-18-10-4-2-5-11-18/h2,4-5,8-12,15,20H,3,6-7,13-14,16H2,1H3,(H2,23,25)(H,24,26). The number of ether oxygens (including phenoxy) is 2. The molecule has 0 saturated carbocycles. The molecule has 0 spiro atoms. The van der Waals surface area contributed by atoms with Gasteiger partial charge in [-0.05, 0) is 42.7 Å². The number of amides is 2. The number of para-hydroxylation sites is 1. The average molecular weight is 384 g/mol. The molecule has 2 aromatic carbocycles. The third-order valence-electron chi connectivity index (χ3n) is 4.31. The quantitative estimate of drug-likeness (QED) is 0.547. The van der Waals surface area contributed by atoms with E-state index in [9.17, 15) is 9.59 Å². The van der Waals surface area contributed by atoms with Crippen LogP contribution in [0.3, 0.4) is 0 Å². The SMILES string of the molecule is COc1cccc(COC(CCCCCC(N)=O)C(=O)Nc2ccccc2)c1. The molecule has 6 heteroatoms. The minimum Gasteiger partial charge on any atom is -0.497 e. The summed E-state index contributed by atoms with van der Waals surface area (Å²) in [6.45, 7) is 0.311. The number of primary amides is 1. The first-order valence-electron chi connectivity index (χ1n) is 9.47. The topological polar surface area (TPSA) is 90.7 Å². The number of hydrogen-bond donors (Lipinski definition) is 2. The first-order valence-corrected chi connectivity index (χ1v) is 9.47. The van der Waals surface area contributed by atoms with Crippen LogP contribution in [0.2, 0.25) is 0 Å². The molecule has 0 heterocycles. The fourth-order valence-electron chi connectivity index (χ4n) is 2.80. The van der Waals surface area contributed by atoms with Gasteiger partial charge in [-0.15, -0.1) is 0 Å². The number of carbonyl (C=O) groups excluding carboxylic acids is 2. The largest absolute Gasteiger partial charge is 0.497 e. The lowest BCUT2D eigenvalue weighted by molar-refractivity contribution is -0.128. The van der Waals surface area contributed by atoms with Gasteiger partial charge in [0.15, 0.2) is 0 Å². The van der Waals surface area contributed by atoms with E-state index < -0.39 is 6.10 Å². The van der Waals surface area contributed by atoms with Crippen LogP contribution in [0, 0.1) is 0 Å². The Labute approximate surface area is 166 Å². The number of rotatable bonds is 12. The number of nitrogens with two attached hydrogens (primary N) is 1. The monoisotopic (exact) mass is 384 g/mol. The van der Waals surface area contributed by atoms with E-state index in [0.717, 1.165) is 36.3 Å². The second kappa shape index (κ2) is 11.8. The Morgan fingerprint density at radius 2 is 1.82 bits per heavy atom. The molecule has 6 nitrogen and oxygen atoms in total. The molecular formula is C22H28N2O4. The predicted octanol–water partition coefficient (Wildman–Crippen LogP) is 3.65. The fourth-order valence-corrected chi connectivity index (χ4v) is 2.80. The number of methoxy groups -OCH3 is 1. The van der Waals surface area contributed by atoms with Crippen molar-refractivity contribution in [2.75, 3.05) is 12.4 Å². The molecule has 0 saturated heterocycles. The van der Waals surface area contributed by atoms with Gasteiger partial charge in [0, 0.05) is 12.1 Å². The average Bonchev–Trinajstić information content (AvgIpc) is 2.70. The molecule has 2 aromatic rings. The summed E-state index contributed by atoms with van der Waals surface area (Å²) in [5.41, 5.74) is 6.83. The molecule has 0 bridgehead atoms. The van der Waals surface area contributed by atoms with Crippen LogP contribution < -0.4 is 15.8 Å². The summed E-state index contributed by atoms with van der Waals surface area (Å²) in [6.07, 6.45) is 2.67. The van der Waals surface area contributed by atoms with Crippen LogP contribution in [-0.4, -0.2) is 25.0 Å². The number of anilines is 1. The molecule has 1 atom stereocenters. The molecule has 0 radical (unpaired) electrons. The molecule has 2 rings (SSSR count). The van der Waals surface area contributed by atoms with E-state index in [2.05, 4.69) is 5.32 Å². The summed E-state index contributed by atoms with van der Waals surface area (Å²) < 4.78 is 11.2. The van der Waals surface area contributed by atoms with E-state index in [1.807, 2.05) is 54.6 Å². The van der Waals surface area contributed by atoms with Crippen molar-refractivity contribution < 1.29 is 19.1 Å². The van der Waals surface area contributed by atoms with E-state index in [1.54, 1.807) is 7.11 Å². The molecule has 0 aliphatic carbocycles. The minimum atomic E-state index is -0.583. The Balaban J connectivity index is 1.93. The molecule has 28 heavy (non-hydrogen) atoms. The van der Waals surface area contributed by atoms with Gasteiger partial charge < -0.3 is 20.5 Å². The molecule has 1 unspecified atom stereocenters. The summed E-state index contributed by atoms with van der Waals surface area (Å²) in [4.78, 5) is 23.5. The number of nitrogens with one attached hydrogen (secondary N) is 1. The van der Waals surface area contributed by atoms with Crippen molar-refractivity contribution in [3.8, 4) is 5.75 Å². The number of carbonyl (C=O) groups is 2. The Morgan fingerprint density at radius 1 is 1.04 bits per heavy atom. The van der Waals surface area contributed by atoms with Crippen molar-refractivity contribution >= 4 is 17.5 Å². The lowest BCUT2D eigenvalue weighted by atomic mass is 10.1. The lowest BCUT2D eigenvalue weighted by Gasteiger charge is -2.18. The van der Waals surface area contributed by atoms with Crippen molar-refractivity contribution in [3.05, 3.63) is 60.2 Å². The van der Waals surface area contributed by atoms with Gasteiger partial charge in [-0.3, -0.25) is 9.59 Å². The van der Waals surface area contributed by atoms with Gasteiger partial charge in [0.2, 0.25) is 5.91 Å². The van der Waals surface area contributed by atoms with Gasteiger partial charge in [-0.2, -0.15) is 0 Å². The third kappa shape index (κ3) is 7.80. The van der Waals surface area contributed by atoms with Gasteiger partial charge in [0.25, 0.3) is 5.91 Å². The molecule has 0 aliphatic heterocycles. The lowest BCUT2D eigenvalue weighted by Crippen LogP contribution is -2.30. The van der Waals surface area contributed by atoms with Crippen LogP contribution in [0.4, 0.5) is 5.69 Å². The Hall–Kier alpha value is -2.86. The van der Waals surface area contributed by atoms with Crippen molar-refractivity contribution in [1.29, 1.82) is 0 Å². The second-order valence-corrected chi connectivity index (χ2v) is 6.57. The third-order valence-corrected chi connectivity index (χ3v) is 4.31. The highest BCUT2D eigenvalue weighted by Gasteiger charge is 2.19. The van der Waals surface area contributed by atoms with Crippen LogP contribution in [0.5, 0.6) is 5.75 Å². The van der Waals surface area contributed by atoms with E-state index in [0.29, 0.717) is 19.4 Å². The Morgan fingerprint density at radius 3 is 2.54 bits per heavy atom. The summed E-state index contributed by atoms with van der Waals surface area (Å²) in [5, 5.41) is 2.90. The van der Waals surface area contributed by atoms with Crippen molar-refractivity contribution in [1.82, 2.24) is 0 Å². The first kappa shape index (κ1) is 21.4. The van der Waals surface area contributed by atoms with E-state index in [-0.39, 0.29) is 11.8 Å². The van der Waals surface area contributed by atoms with E-state index in [4.69, 9.17) is 15.2 Å². The molecule has 2 amide bonds. The first-order chi connectivity index (χ1) is 13.6. The van der Waals surface area contributed by atoms with Crippen LogP contribution in [0.25, 0.3) is 0 Å². The van der Waals surface area contributed by atoms with Crippen LogP contribution >= 0.6 is 0 Å². The van der Waals surface area contributed by atoms with E-state index >= 15 is 0 Å². The maximum absolute atomic E-state index is 12.7. The van der Waals surface area contributed by atoms with Gasteiger partial charge >= 0.3 is 0 Å². The second-order valence-electron chi connectivity index (χ2n) is 6.57. The molecular weight excluding hydrogens is 356 g/mol. The number of unbranched alkanes of at least 4 members (excludes halogenated alkanes) is 2. The summed E-state index contributed by atoms with van der Waals surface area (Å²) >= 11 is 0. The normalized spacial score (nSPS) is 11.6. The highest BCUT2D eigenvalue weighted by molar-refractivity contribution is 5.94. The summed E-state index contributed by atoms with van der Waals surface area (Å²) in [7, 11) is 1.61. The highest BCUT2D eigenvalue weighted by Crippen LogP contribution is 2.17. The molecule has 3 N–H and O–H groups in total. The summed E-state index contributed by atoms with van der Waals surface area (Å²) in [6, 6.07) is 16.9. The molecule has 0 fully saturated rings. The van der Waals surface area contributed by atoms with Crippen molar-refractivity contribution in [2.45, 2.75) is 44.8 Å². The zero-order chi connectivity index (χ0) is 20.2. The number of hydrogen-bond acceptors (Lipinski definition) is 4. The van der Waals surface area contributed by atoms with Gasteiger partial charge in [-0.25, -0.2) is 0 Å². The smallest absolute Gasteiger partial charge is 0.253 e. The number of benzene rings is 2. The van der Waals surface area contributed by atoms with Crippen LogP contribution in [0.1, 0.15) is 37.7 Å². The van der Waals surface area contributed by atoms with Crippen LogP contribution in [0.15, 0.2) is 54.6 Å². The minimum absolute atomic E-state index is 0.177. The Kier molecular flexibility index (Phi) is 9.01. The van der Waals surface area contributed by atoms with E-state index in [1.165, 1.54) is 0 Å². The molecule has 0 aromatic heterocycles. The van der Waals surface area contributed by atoms with Crippen molar-refractivity contribution in [3.63, 3.8) is 0 Å². The van der Waals surface area contributed by atoms with Gasteiger partial charge in [0.1, 0.15) is 11.9 Å². The maximum Gasteiger partial charge on any atom is 0.253 e. The zero-order valence-corrected chi connectivity index (χ0v) is 16.2. The Bertz CT molecular complexity index is 749. The maximum atomic E-state index is 12.7. The fraction of sp³-hybridized carbons (Fsp3) is 0.364. The molecule has 0 aliphatic rings. The predicted molar refractivity (Wildman–Crippen MR) is 109 cm³/mol. The highest BCUT2D eigenvalue weighted by atomic mass is 16.5. The van der Waals surface area contributed by atoms with Crippen molar-refractivity contribution in [2.24, 2.45) is 5.73 Å². The van der Waals surface area contributed by atoms with Crippen LogP contribution in [-0.2, 0) is 20.9 Å².